The Morgan fingerprint density at radius 3 is 2.77 bits per heavy atom. The van der Waals surface area contributed by atoms with Gasteiger partial charge in [-0.2, -0.15) is 0 Å². The number of anilines is 1. The lowest BCUT2D eigenvalue weighted by molar-refractivity contribution is -0.152. The Morgan fingerprint density at radius 2 is 2.05 bits per heavy atom. The standard InChI is InChI=1S/C32H39N3O4S/c1-20-6-5-7-27(28-19-40-31(33-28)35-13-11-32(4,30(36)37)21(2)14-35)29(20)39-16-24-9-8-23-15-34(25-17-38-18-25)12-10-26(23)22(24)3/h5-9,19,21,25H,10-18H2,1-4H3,(H,36,37)/t21-,32-/m0/s1. The Morgan fingerprint density at radius 1 is 1.23 bits per heavy atom. The van der Waals surface area contributed by atoms with E-state index in [2.05, 4.69) is 59.4 Å². The van der Waals surface area contributed by atoms with E-state index in [-0.39, 0.29) is 5.92 Å². The molecule has 6 rings (SSSR count). The Bertz CT molecular complexity index is 1420. The van der Waals surface area contributed by atoms with Crippen molar-refractivity contribution in [2.75, 3.05) is 37.7 Å². The first-order valence-electron chi connectivity index (χ1n) is 14.3. The van der Waals surface area contributed by atoms with Gasteiger partial charge in [-0.05, 0) is 73.4 Å². The zero-order valence-electron chi connectivity index (χ0n) is 23.9. The number of carbonyl (C=O) groups is 1. The van der Waals surface area contributed by atoms with Crippen LogP contribution in [0.4, 0.5) is 5.13 Å². The monoisotopic (exact) mass is 561 g/mol. The summed E-state index contributed by atoms with van der Waals surface area (Å²) in [6, 6.07) is 11.3. The van der Waals surface area contributed by atoms with Crippen LogP contribution in [0.1, 0.15) is 48.1 Å². The molecule has 7 nitrogen and oxygen atoms in total. The molecule has 3 aromatic rings. The van der Waals surface area contributed by atoms with Gasteiger partial charge in [0.2, 0.25) is 0 Å². The molecule has 8 heteroatoms. The minimum Gasteiger partial charge on any atom is -0.488 e. The molecule has 0 aliphatic carbocycles. The van der Waals surface area contributed by atoms with Crippen molar-refractivity contribution in [2.24, 2.45) is 11.3 Å². The number of fused-ring (bicyclic) bond motifs is 1. The molecule has 2 fully saturated rings. The lowest BCUT2D eigenvalue weighted by atomic mass is 9.73. The summed E-state index contributed by atoms with van der Waals surface area (Å²) in [7, 11) is 0. The van der Waals surface area contributed by atoms with Crippen LogP contribution in [0.5, 0.6) is 5.75 Å². The number of aliphatic carboxylic acids is 1. The minimum atomic E-state index is -0.707. The number of nitrogens with zero attached hydrogens (tertiary/aromatic N) is 3. The number of para-hydroxylation sites is 1. The molecule has 40 heavy (non-hydrogen) atoms. The highest BCUT2D eigenvalue weighted by atomic mass is 32.1. The average molecular weight is 562 g/mol. The molecule has 2 saturated heterocycles. The zero-order chi connectivity index (χ0) is 28.0. The third-order valence-corrected chi connectivity index (χ3v) is 10.5. The summed E-state index contributed by atoms with van der Waals surface area (Å²) in [6.07, 6.45) is 1.69. The summed E-state index contributed by atoms with van der Waals surface area (Å²) in [4.78, 5) is 21.6. The summed E-state index contributed by atoms with van der Waals surface area (Å²) in [5, 5.41) is 12.8. The van der Waals surface area contributed by atoms with Gasteiger partial charge in [0, 0.05) is 37.1 Å². The molecule has 4 heterocycles. The quantitative estimate of drug-likeness (QED) is 0.397. The first kappa shape index (κ1) is 27.2. The van der Waals surface area contributed by atoms with E-state index in [4.69, 9.17) is 14.5 Å². The van der Waals surface area contributed by atoms with E-state index in [0.717, 1.165) is 60.4 Å². The van der Waals surface area contributed by atoms with Crippen molar-refractivity contribution >= 4 is 22.4 Å². The molecule has 0 radical (unpaired) electrons. The normalized spacial score (nSPS) is 23.5. The summed E-state index contributed by atoms with van der Waals surface area (Å²) in [6.45, 7) is 13.9. The third kappa shape index (κ3) is 4.91. The van der Waals surface area contributed by atoms with Crippen molar-refractivity contribution in [3.05, 3.63) is 63.5 Å². The highest BCUT2D eigenvalue weighted by Gasteiger charge is 2.43. The molecule has 0 unspecified atom stereocenters. The van der Waals surface area contributed by atoms with Crippen molar-refractivity contribution in [3.8, 4) is 17.0 Å². The van der Waals surface area contributed by atoms with Gasteiger partial charge in [0.05, 0.1) is 30.4 Å². The summed E-state index contributed by atoms with van der Waals surface area (Å²) >= 11 is 1.62. The molecular weight excluding hydrogens is 522 g/mol. The number of hydrogen-bond donors (Lipinski definition) is 1. The van der Waals surface area contributed by atoms with Gasteiger partial charge in [-0.25, -0.2) is 4.98 Å². The molecule has 2 aromatic carbocycles. The fraction of sp³-hybridized carbons (Fsp3) is 0.500. The first-order chi connectivity index (χ1) is 19.2. The number of aromatic nitrogens is 1. The van der Waals surface area contributed by atoms with Crippen LogP contribution in [0.2, 0.25) is 0 Å². The van der Waals surface area contributed by atoms with E-state index in [1.807, 2.05) is 13.8 Å². The Balaban J connectivity index is 1.18. The fourth-order valence-corrected chi connectivity index (χ4v) is 7.13. The minimum absolute atomic E-state index is 0.0409. The van der Waals surface area contributed by atoms with E-state index >= 15 is 0 Å². The highest BCUT2D eigenvalue weighted by molar-refractivity contribution is 7.14. The first-order valence-corrected chi connectivity index (χ1v) is 15.2. The number of piperidine rings is 1. The molecule has 0 saturated carbocycles. The van der Waals surface area contributed by atoms with Crippen molar-refractivity contribution in [1.29, 1.82) is 0 Å². The molecule has 1 N–H and O–H groups in total. The second kappa shape index (κ2) is 10.8. The summed E-state index contributed by atoms with van der Waals surface area (Å²) < 4.78 is 12.0. The number of benzene rings is 2. The molecule has 1 aromatic heterocycles. The molecule has 0 bridgehead atoms. The maximum absolute atomic E-state index is 11.8. The van der Waals surface area contributed by atoms with Crippen LogP contribution in [-0.2, 0) is 29.1 Å². The second-order valence-electron chi connectivity index (χ2n) is 12.0. The Kier molecular flexibility index (Phi) is 7.36. The lowest BCUT2D eigenvalue weighted by Crippen LogP contribution is -2.50. The van der Waals surface area contributed by atoms with Gasteiger partial charge in [0.1, 0.15) is 12.4 Å². The van der Waals surface area contributed by atoms with Crippen LogP contribution in [0, 0.1) is 25.2 Å². The molecular formula is C32H39N3O4S. The SMILES string of the molecule is Cc1cccc(-c2csc(N3CC[C@](C)(C(=O)O)[C@@H](C)C3)n2)c1OCc1ccc2c(c1C)CCN(C1COC1)C2. The van der Waals surface area contributed by atoms with Crippen LogP contribution in [0.25, 0.3) is 11.3 Å². The van der Waals surface area contributed by atoms with Crippen LogP contribution in [0.15, 0.2) is 35.7 Å². The second-order valence-corrected chi connectivity index (χ2v) is 12.8. The number of aryl methyl sites for hydroxylation is 1. The predicted octanol–water partition coefficient (Wildman–Crippen LogP) is 5.70. The van der Waals surface area contributed by atoms with E-state index < -0.39 is 11.4 Å². The fourth-order valence-electron chi connectivity index (χ4n) is 6.27. The smallest absolute Gasteiger partial charge is 0.309 e. The third-order valence-electron chi connectivity index (χ3n) is 9.56. The van der Waals surface area contributed by atoms with Gasteiger partial charge < -0.3 is 19.5 Å². The molecule has 0 amide bonds. The summed E-state index contributed by atoms with van der Waals surface area (Å²) in [5.74, 6) is 0.207. The molecule has 2 atom stereocenters. The predicted molar refractivity (Wildman–Crippen MR) is 158 cm³/mol. The number of thiazole rings is 1. The van der Waals surface area contributed by atoms with Crippen molar-refractivity contribution in [1.82, 2.24) is 9.88 Å². The topological polar surface area (TPSA) is 75.1 Å². The van der Waals surface area contributed by atoms with Gasteiger partial charge in [-0.1, -0.05) is 31.2 Å². The number of ether oxygens (including phenoxy) is 2. The van der Waals surface area contributed by atoms with E-state index in [9.17, 15) is 9.90 Å². The van der Waals surface area contributed by atoms with Crippen LogP contribution in [-0.4, -0.2) is 59.8 Å². The van der Waals surface area contributed by atoms with Crippen LogP contribution >= 0.6 is 11.3 Å². The maximum atomic E-state index is 11.8. The maximum Gasteiger partial charge on any atom is 0.309 e. The largest absolute Gasteiger partial charge is 0.488 e. The van der Waals surface area contributed by atoms with E-state index in [1.165, 1.54) is 22.3 Å². The van der Waals surface area contributed by atoms with E-state index in [1.54, 1.807) is 11.3 Å². The highest BCUT2D eigenvalue weighted by Crippen LogP contribution is 2.41. The van der Waals surface area contributed by atoms with Gasteiger partial charge in [0.25, 0.3) is 0 Å². The van der Waals surface area contributed by atoms with Crippen molar-refractivity contribution in [2.45, 2.75) is 59.7 Å². The van der Waals surface area contributed by atoms with Gasteiger partial charge in [-0.15, -0.1) is 11.3 Å². The Hall–Kier alpha value is -2.94. The summed E-state index contributed by atoms with van der Waals surface area (Å²) in [5.41, 5.74) is 7.79. The van der Waals surface area contributed by atoms with Crippen molar-refractivity contribution in [3.63, 3.8) is 0 Å². The molecule has 0 spiro atoms. The zero-order valence-corrected chi connectivity index (χ0v) is 24.7. The number of carboxylic acids is 1. The lowest BCUT2D eigenvalue weighted by Gasteiger charge is -2.41. The van der Waals surface area contributed by atoms with Gasteiger partial charge >= 0.3 is 5.97 Å². The average Bonchev–Trinajstić information content (AvgIpc) is 3.39. The molecule has 3 aliphatic heterocycles. The van der Waals surface area contributed by atoms with Gasteiger partial charge in [-0.3, -0.25) is 9.69 Å². The Labute approximate surface area is 240 Å². The van der Waals surface area contributed by atoms with E-state index in [0.29, 0.717) is 32.2 Å². The van der Waals surface area contributed by atoms with Crippen LogP contribution < -0.4 is 9.64 Å². The van der Waals surface area contributed by atoms with Crippen LogP contribution in [0.3, 0.4) is 0 Å². The molecule has 212 valence electrons. The van der Waals surface area contributed by atoms with Crippen molar-refractivity contribution < 1.29 is 19.4 Å². The van der Waals surface area contributed by atoms with Gasteiger partial charge in [0.15, 0.2) is 5.13 Å². The number of hydrogen-bond acceptors (Lipinski definition) is 7. The number of carboxylic acid groups (broad SMARTS) is 1. The number of rotatable bonds is 7. The molecule has 3 aliphatic rings.